The zero-order chi connectivity index (χ0) is 13.8. The lowest BCUT2D eigenvalue weighted by atomic mass is 10.1. The summed E-state index contributed by atoms with van der Waals surface area (Å²) < 4.78 is 5.20. The Labute approximate surface area is 115 Å². The second kappa shape index (κ2) is 10.6. The number of hydrogen-bond acceptors (Lipinski definition) is 3. The van der Waals surface area contributed by atoms with Crippen molar-refractivity contribution in [3.63, 3.8) is 0 Å². The molecule has 0 aliphatic heterocycles. The first-order valence-electron chi connectivity index (χ1n) is 7.13. The first-order valence-corrected chi connectivity index (χ1v) is 7.13. The van der Waals surface area contributed by atoms with E-state index in [0.717, 1.165) is 44.1 Å². The van der Waals surface area contributed by atoms with Crippen molar-refractivity contribution >= 4 is 5.97 Å². The smallest absolute Gasteiger partial charge is 0.306 e. The highest BCUT2D eigenvalue weighted by molar-refractivity contribution is 5.69. The maximum absolute atomic E-state index is 11.5. The quantitative estimate of drug-likeness (QED) is 0.520. The van der Waals surface area contributed by atoms with E-state index in [9.17, 15) is 4.79 Å². The molecule has 0 heterocycles. The minimum absolute atomic E-state index is 0.112. The van der Waals surface area contributed by atoms with Gasteiger partial charge in [-0.15, -0.1) is 0 Å². The number of hydrogen-bond donors (Lipinski definition) is 1. The summed E-state index contributed by atoms with van der Waals surface area (Å²) in [7, 11) is 0. The molecule has 19 heavy (non-hydrogen) atoms. The second-order valence-corrected chi connectivity index (χ2v) is 4.74. The van der Waals surface area contributed by atoms with Crippen LogP contribution in [-0.2, 0) is 16.1 Å². The molecule has 0 amide bonds. The van der Waals surface area contributed by atoms with Crippen LogP contribution in [0.25, 0.3) is 0 Å². The molecular formula is C16H24O3. The van der Waals surface area contributed by atoms with Gasteiger partial charge in [0.1, 0.15) is 6.61 Å². The number of unbranched alkanes of at least 4 members (excludes halogenated alkanes) is 5. The van der Waals surface area contributed by atoms with Crippen molar-refractivity contribution in [2.75, 3.05) is 6.61 Å². The fourth-order valence-electron chi connectivity index (χ4n) is 1.90. The fourth-order valence-corrected chi connectivity index (χ4v) is 1.90. The molecule has 0 aliphatic rings. The molecule has 0 spiro atoms. The van der Waals surface area contributed by atoms with Crippen LogP contribution in [0.3, 0.4) is 0 Å². The van der Waals surface area contributed by atoms with E-state index < -0.39 is 0 Å². The van der Waals surface area contributed by atoms with Gasteiger partial charge in [0.2, 0.25) is 0 Å². The zero-order valence-corrected chi connectivity index (χ0v) is 11.5. The van der Waals surface area contributed by atoms with Gasteiger partial charge < -0.3 is 9.84 Å². The predicted octanol–water partition coefficient (Wildman–Crippen LogP) is 3.45. The van der Waals surface area contributed by atoms with Crippen LogP contribution >= 0.6 is 0 Å². The Morgan fingerprint density at radius 1 is 0.947 bits per heavy atom. The Kier molecular flexibility index (Phi) is 8.73. The lowest BCUT2D eigenvalue weighted by Gasteiger charge is -2.05. The van der Waals surface area contributed by atoms with Gasteiger partial charge in [0.15, 0.2) is 0 Å². The Morgan fingerprint density at radius 2 is 1.58 bits per heavy atom. The van der Waals surface area contributed by atoms with Crippen molar-refractivity contribution in [2.24, 2.45) is 0 Å². The average molecular weight is 264 g/mol. The van der Waals surface area contributed by atoms with Crippen LogP contribution in [0.5, 0.6) is 0 Å². The van der Waals surface area contributed by atoms with E-state index in [1.165, 1.54) is 0 Å². The summed E-state index contributed by atoms with van der Waals surface area (Å²) in [6.07, 6.45) is 6.70. The number of carbonyl (C=O) groups excluding carboxylic acids is 1. The van der Waals surface area contributed by atoms with Crippen molar-refractivity contribution in [3.05, 3.63) is 35.9 Å². The van der Waals surface area contributed by atoms with Crippen LogP contribution < -0.4 is 0 Å². The molecule has 1 aromatic carbocycles. The van der Waals surface area contributed by atoms with Gasteiger partial charge in [-0.2, -0.15) is 0 Å². The number of ether oxygens (including phenoxy) is 1. The highest BCUT2D eigenvalue weighted by atomic mass is 16.5. The molecule has 1 N–H and O–H groups in total. The van der Waals surface area contributed by atoms with Gasteiger partial charge >= 0.3 is 5.97 Å². The largest absolute Gasteiger partial charge is 0.461 e. The number of carbonyl (C=O) groups is 1. The second-order valence-electron chi connectivity index (χ2n) is 4.74. The van der Waals surface area contributed by atoms with Gasteiger partial charge in [-0.25, -0.2) is 0 Å². The molecule has 1 rings (SSSR count). The van der Waals surface area contributed by atoms with E-state index in [1.54, 1.807) is 0 Å². The SMILES string of the molecule is O=C(CCCCCCCCO)OCc1ccccc1. The summed E-state index contributed by atoms with van der Waals surface area (Å²) in [5.41, 5.74) is 1.03. The molecule has 0 bridgehead atoms. The summed E-state index contributed by atoms with van der Waals surface area (Å²) in [6.45, 7) is 0.655. The lowest BCUT2D eigenvalue weighted by Crippen LogP contribution is -2.04. The van der Waals surface area contributed by atoms with Crippen LogP contribution in [0.4, 0.5) is 0 Å². The van der Waals surface area contributed by atoms with Crippen LogP contribution in [0.2, 0.25) is 0 Å². The summed E-state index contributed by atoms with van der Waals surface area (Å²) in [5.74, 6) is -0.112. The standard InChI is InChI=1S/C16H24O3/c17-13-9-4-2-1-3-8-12-16(18)19-14-15-10-6-5-7-11-15/h5-7,10-11,17H,1-4,8-9,12-14H2. The van der Waals surface area contributed by atoms with Crippen molar-refractivity contribution in [3.8, 4) is 0 Å². The molecule has 3 heteroatoms. The Morgan fingerprint density at radius 3 is 2.26 bits per heavy atom. The van der Waals surface area contributed by atoms with Crippen LogP contribution in [-0.4, -0.2) is 17.7 Å². The summed E-state index contributed by atoms with van der Waals surface area (Å²) >= 11 is 0. The molecule has 0 aliphatic carbocycles. The number of benzene rings is 1. The van der Waals surface area contributed by atoms with Gasteiger partial charge in [0.05, 0.1) is 0 Å². The first-order chi connectivity index (χ1) is 9.33. The predicted molar refractivity (Wildman–Crippen MR) is 75.6 cm³/mol. The average Bonchev–Trinajstić information content (AvgIpc) is 2.45. The molecule has 0 atom stereocenters. The summed E-state index contributed by atoms with van der Waals surface area (Å²) in [5, 5.41) is 8.63. The normalized spacial score (nSPS) is 10.4. The third-order valence-corrected chi connectivity index (χ3v) is 3.03. The third-order valence-electron chi connectivity index (χ3n) is 3.03. The number of rotatable bonds is 10. The molecule has 106 valence electrons. The first kappa shape index (κ1) is 15.7. The van der Waals surface area contributed by atoms with Crippen molar-refractivity contribution < 1.29 is 14.6 Å². The fraction of sp³-hybridized carbons (Fsp3) is 0.562. The molecule has 0 saturated carbocycles. The maximum Gasteiger partial charge on any atom is 0.306 e. The third kappa shape index (κ3) is 8.38. The van der Waals surface area contributed by atoms with Crippen LogP contribution in [0.15, 0.2) is 30.3 Å². The Bertz CT molecular complexity index is 335. The number of aliphatic hydroxyl groups is 1. The van der Waals surface area contributed by atoms with Crippen molar-refractivity contribution in [2.45, 2.75) is 51.6 Å². The molecular weight excluding hydrogens is 240 g/mol. The van der Waals surface area contributed by atoms with Gasteiger partial charge in [0.25, 0.3) is 0 Å². The topological polar surface area (TPSA) is 46.5 Å². The number of esters is 1. The van der Waals surface area contributed by atoms with Crippen LogP contribution in [0.1, 0.15) is 50.5 Å². The van der Waals surface area contributed by atoms with E-state index in [4.69, 9.17) is 9.84 Å². The summed E-state index contributed by atoms with van der Waals surface area (Å²) in [6, 6.07) is 9.73. The molecule has 3 nitrogen and oxygen atoms in total. The summed E-state index contributed by atoms with van der Waals surface area (Å²) in [4.78, 5) is 11.5. The van der Waals surface area contributed by atoms with E-state index in [0.29, 0.717) is 13.0 Å². The van der Waals surface area contributed by atoms with Crippen molar-refractivity contribution in [1.29, 1.82) is 0 Å². The van der Waals surface area contributed by atoms with Gasteiger partial charge in [0, 0.05) is 13.0 Å². The van der Waals surface area contributed by atoms with Gasteiger partial charge in [-0.05, 0) is 18.4 Å². The molecule has 0 radical (unpaired) electrons. The minimum atomic E-state index is -0.112. The Hall–Kier alpha value is -1.35. The van der Waals surface area contributed by atoms with Crippen LogP contribution in [0, 0.1) is 0 Å². The van der Waals surface area contributed by atoms with Gasteiger partial charge in [-0.1, -0.05) is 56.0 Å². The zero-order valence-electron chi connectivity index (χ0n) is 11.5. The van der Waals surface area contributed by atoms with Crippen molar-refractivity contribution in [1.82, 2.24) is 0 Å². The minimum Gasteiger partial charge on any atom is -0.461 e. The molecule has 0 saturated heterocycles. The molecule has 0 aromatic heterocycles. The lowest BCUT2D eigenvalue weighted by molar-refractivity contribution is -0.145. The van der Waals surface area contributed by atoms with E-state index in [-0.39, 0.29) is 12.6 Å². The molecule has 0 fully saturated rings. The van der Waals surface area contributed by atoms with E-state index in [1.807, 2.05) is 30.3 Å². The maximum atomic E-state index is 11.5. The van der Waals surface area contributed by atoms with E-state index >= 15 is 0 Å². The highest BCUT2D eigenvalue weighted by Gasteiger charge is 2.02. The monoisotopic (exact) mass is 264 g/mol. The van der Waals surface area contributed by atoms with Gasteiger partial charge in [-0.3, -0.25) is 4.79 Å². The Balaban J connectivity index is 1.96. The highest BCUT2D eigenvalue weighted by Crippen LogP contribution is 2.08. The molecule has 0 unspecified atom stereocenters. The van der Waals surface area contributed by atoms with E-state index in [2.05, 4.69) is 0 Å². The molecule has 1 aromatic rings. The number of aliphatic hydroxyl groups excluding tert-OH is 1.